The third-order valence-electron chi connectivity index (χ3n) is 16.9. The van der Waals surface area contributed by atoms with Crippen molar-refractivity contribution in [1.82, 2.24) is 19.1 Å². The van der Waals surface area contributed by atoms with Crippen molar-refractivity contribution >= 4 is 67.7 Å². The van der Waals surface area contributed by atoms with Gasteiger partial charge >= 0.3 is 0 Å². The van der Waals surface area contributed by atoms with E-state index in [9.17, 15) is 4.39 Å². The molecular weight excluding hydrogens is 1200 g/mol. The van der Waals surface area contributed by atoms with Crippen molar-refractivity contribution in [2.24, 2.45) is 0 Å². The Balaban J connectivity index is 0.000000382. The number of halogens is 1. The van der Waals surface area contributed by atoms with Crippen LogP contribution in [0.4, 0.5) is 4.39 Å². The van der Waals surface area contributed by atoms with Crippen LogP contribution in [0.15, 0.2) is 162 Å². The molecule has 0 aliphatic carbocycles. The minimum absolute atomic E-state index is 0. The first kappa shape index (κ1) is 57.0. The van der Waals surface area contributed by atoms with E-state index in [0.29, 0.717) is 11.8 Å². The monoisotopic (exact) mass is 1270 g/mol. The summed E-state index contributed by atoms with van der Waals surface area (Å²) in [6.07, 6.45) is 1.82. The number of para-hydroxylation sites is 3. The Hall–Kier alpha value is -6.83. The fourth-order valence-electron chi connectivity index (χ4n) is 12.1. The molecule has 2 aliphatic rings. The summed E-state index contributed by atoms with van der Waals surface area (Å²) in [4.78, 5) is 12.4. The van der Waals surface area contributed by atoms with Crippen molar-refractivity contribution < 1.29 is 24.5 Å². The van der Waals surface area contributed by atoms with Gasteiger partial charge in [0.05, 0.1) is 22.4 Å². The zero-order chi connectivity index (χ0) is 57.2. The van der Waals surface area contributed by atoms with Crippen LogP contribution in [-0.2, 0) is 36.4 Å². The van der Waals surface area contributed by atoms with E-state index in [1.807, 2.05) is 37.9 Å². The third-order valence-corrected chi connectivity index (χ3v) is 18.1. The van der Waals surface area contributed by atoms with Crippen LogP contribution in [0.3, 0.4) is 0 Å². The van der Waals surface area contributed by atoms with Gasteiger partial charge in [-0.2, -0.15) is 0 Å². The molecule has 1 radical (unpaired) electrons. The molecule has 0 atom stereocenters. The van der Waals surface area contributed by atoms with Crippen LogP contribution in [-0.4, -0.2) is 25.8 Å². The van der Waals surface area contributed by atoms with Crippen molar-refractivity contribution in [1.29, 1.82) is 0 Å². The Labute approximate surface area is 503 Å². The second-order valence-corrected chi connectivity index (χ2v) is 27.5. The van der Waals surface area contributed by atoms with Crippen LogP contribution < -0.4 is 16.4 Å². The van der Waals surface area contributed by atoms with Crippen molar-refractivity contribution in [3.63, 3.8) is 0 Å². The summed E-state index contributed by atoms with van der Waals surface area (Å²) in [6.45, 7) is 34.5. The summed E-state index contributed by atoms with van der Waals surface area (Å²) in [5.74, 6) is 1.32. The quantitative estimate of drug-likeness (QED) is 0.123. The van der Waals surface area contributed by atoms with E-state index in [-0.39, 0.29) is 48.9 Å². The number of benzene rings is 8. The minimum Gasteiger partial charge on any atom is -0.333 e. The smallest absolute Gasteiger partial charge is 0.249 e. The van der Waals surface area contributed by atoms with Gasteiger partial charge in [-0.05, 0) is 146 Å². The van der Waals surface area contributed by atoms with Gasteiger partial charge in [0.2, 0.25) is 6.71 Å². The summed E-state index contributed by atoms with van der Waals surface area (Å²) >= 11 is 1.94. The normalized spacial score (nSPS) is 12.9. The van der Waals surface area contributed by atoms with E-state index in [1.165, 1.54) is 110 Å². The molecule has 8 heteroatoms. The molecule has 13 rings (SSSR count). The molecule has 0 spiro atoms. The molecule has 0 fully saturated rings. The number of hydrogen-bond acceptors (Lipinski definition) is 3. The van der Waals surface area contributed by atoms with Crippen LogP contribution in [0.1, 0.15) is 141 Å². The number of fused-ring (bicyclic) bond motifs is 8. The summed E-state index contributed by atoms with van der Waals surface area (Å²) in [5, 5.41) is 2.68. The molecule has 0 amide bonds. The molecule has 3 aromatic heterocycles. The van der Waals surface area contributed by atoms with Crippen molar-refractivity contribution in [3.05, 3.63) is 209 Å². The van der Waals surface area contributed by atoms with Gasteiger partial charge < -0.3 is 14.1 Å². The fourth-order valence-corrected chi connectivity index (χ4v) is 13.3. The van der Waals surface area contributed by atoms with Crippen molar-refractivity contribution in [2.45, 2.75) is 142 Å². The van der Waals surface area contributed by atoms with Crippen molar-refractivity contribution in [3.8, 4) is 45.1 Å². The maximum absolute atomic E-state index is 12.7. The van der Waals surface area contributed by atoms with Gasteiger partial charge in [0.1, 0.15) is 0 Å². The summed E-state index contributed by atoms with van der Waals surface area (Å²) in [5.41, 5.74) is 25.6. The molecule has 0 saturated carbocycles. The topological polar surface area (TPSA) is 35.6 Å². The van der Waals surface area contributed by atoms with Crippen LogP contribution in [0.5, 0.6) is 0 Å². The van der Waals surface area contributed by atoms with E-state index in [4.69, 9.17) is 4.98 Å². The maximum Gasteiger partial charge on any atom is 0.249 e. The van der Waals surface area contributed by atoms with Gasteiger partial charge in [-0.25, -0.2) is 0 Å². The molecular formula is C74H72BFIrN4S-2. The fraction of sp³-hybridized carbons (Fsp3) is 0.270. The molecule has 0 unspecified atom stereocenters. The number of aryl methyl sites for hydroxylation is 2. The molecule has 0 saturated heterocycles. The van der Waals surface area contributed by atoms with Gasteiger partial charge in [0.25, 0.3) is 0 Å². The molecule has 4 nitrogen and oxygen atoms in total. The Morgan fingerprint density at radius 1 is 0.573 bits per heavy atom. The SMILES string of the molecule is CC(C)c1cccc(C(C)C)c1-n1c(-c2[c-]ccc(-c3cc4c5c(c3)-n3c6ccc(C(C)(C)C)cc6c6cc(C(C)(C)C)cc(c63)B5c3cc(C(C)(C)C)ccc3S4)c2)nc2ccccc21.Cc1cnc(-c2[c-]cc(F)cc2)cc1C.[Ir]. The number of nitrogens with zero attached hydrogens (tertiary/aromatic N) is 4. The predicted octanol–water partition coefficient (Wildman–Crippen LogP) is 18.0. The Kier molecular flexibility index (Phi) is 14.7. The second kappa shape index (κ2) is 21.1. The van der Waals surface area contributed by atoms with Crippen LogP contribution in [0.2, 0.25) is 0 Å². The van der Waals surface area contributed by atoms with Gasteiger partial charge in [-0.15, -0.1) is 65.2 Å². The Morgan fingerprint density at radius 3 is 1.91 bits per heavy atom. The molecule has 2 aliphatic heterocycles. The van der Waals surface area contributed by atoms with E-state index >= 15 is 0 Å². The zero-order valence-electron chi connectivity index (χ0n) is 50.1. The number of hydrogen-bond donors (Lipinski definition) is 0. The summed E-state index contributed by atoms with van der Waals surface area (Å²) in [6, 6.07) is 59.7. The minimum atomic E-state index is -0.275. The Morgan fingerprint density at radius 2 is 1.24 bits per heavy atom. The zero-order valence-corrected chi connectivity index (χ0v) is 53.3. The van der Waals surface area contributed by atoms with Gasteiger partial charge in [0.15, 0.2) is 0 Å². The van der Waals surface area contributed by atoms with E-state index in [1.54, 1.807) is 6.07 Å². The molecule has 82 heavy (non-hydrogen) atoms. The summed E-state index contributed by atoms with van der Waals surface area (Å²) < 4.78 is 17.7. The second-order valence-electron chi connectivity index (χ2n) is 26.4. The Bertz CT molecular complexity index is 4290. The van der Waals surface area contributed by atoms with Crippen LogP contribution >= 0.6 is 11.8 Å². The molecule has 5 heterocycles. The standard InChI is InChI=1S/C61H61BN3S.C13H11FN.Ir/c1-35(2)43-20-17-21-44(36(3)4)56(43)65-51-23-15-14-22-49(51)63-58(65)38-19-16-18-37(28-38)39-29-52-55-54(30-39)66-53-27-25-41(60(8,9)10)33-47(53)62(55)48-34-42(61(11,12)13)32-46-45-31-40(59(5,6)7)24-26-50(45)64(52)57(46)48;1-9-7-13(15-8-10(9)2)11-3-5-12(14)6-4-11;/h14-18,20-36H,1-13H3;3,5-8H,1-2H3;/q2*-1;. The van der Waals surface area contributed by atoms with E-state index < -0.39 is 0 Å². The van der Waals surface area contributed by atoms with Gasteiger partial charge in [0, 0.05) is 69.6 Å². The first-order valence-corrected chi connectivity index (χ1v) is 29.6. The number of pyridine rings is 1. The van der Waals surface area contributed by atoms with Crippen LogP contribution in [0, 0.1) is 31.8 Å². The predicted molar refractivity (Wildman–Crippen MR) is 343 cm³/mol. The first-order valence-electron chi connectivity index (χ1n) is 28.8. The average Bonchev–Trinajstić information content (AvgIpc) is 2.91. The molecule has 0 N–H and O–H groups in total. The largest absolute Gasteiger partial charge is 0.333 e. The van der Waals surface area contributed by atoms with Crippen molar-refractivity contribution in [2.75, 3.05) is 0 Å². The van der Waals surface area contributed by atoms with Crippen LogP contribution in [0.25, 0.3) is 78.0 Å². The maximum atomic E-state index is 12.7. The van der Waals surface area contributed by atoms with Gasteiger partial charge in [-0.1, -0.05) is 173 Å². The summed E-state index contributed by atoms with van der Waals surface area (Å²) in [7, 11) is 0. The van der Waals surface area contributed by atoms with E-state index in [2.05, 4.69) is 238 Å². The third kappa shape index (κ3) is 10.0. The van der Waals surface area contributed by atoms with Gasteiger partial charge in [-0.3, -0.25) is 9.37 Å². The number of aromatic nitrogens is 4. The average molecular weight is 1270 g/mol. The number of imidazole rings is 1. The molecule has 8 aromatic carbocycles. The molecule has 0 bridgehead atoms. The first-order chi connectivity index (χ1) is 38.4. The molecule has 11 aromatic rings. The molecule has 415 valence electrons. The number of rotatable bonds is 6. The van der Waals surface area contributed by atoms with E-state index in [0.717, 1.165) is 44.8 Å².